The summed E-state index contributed by atoms with van der Waals surface area (Å²) in [6, 6.07) is 7.63. The lowest BCUT2D eigenvalue weighted by Crippen LogP contribution is -2.40. The van der Waals surface area contributed by atoms with Crippen LogP contribution in [0.5, 0.6) is 5.75 Å². The van der Waals surface area contributed by atoms with Crippen molar-refractivity contribution in [3.05, 3.63) is 35.3 Å². The molecule has 3 rings (SSSR count). The Bertz CT molecular complexity index is 646. The Labute approximate surface area is 133 Å². The van der Waals surface area contributed by atoms with Crippen LogP contribution in [0.4, 0.5) is 0 Å². The number of likely N-dealkylation sites (tertiary alicyclic amines) is 1. The maximum atomic E-state index is 12.4. The van der Waals surface area contributed by atoms with E-state index in [9.17, 15) is 9.90 Å². The van der Waals surface area contributed by atoms with Crippen LogP contribution >= 0.6 is 11.3 Å². The number of ether oxygens (including phenoxy) is 1. The van der Waals surface area contributed by atoms with Crippen LogP contribution in [0.25, 0.3) is 10.6 Å². The first kappa shape index (κ1) is 15.0. The van der Waals surface area contributed by atoms with Crippen molar-refractivity contribution in [2.45, 2.75) is 18.9 Å². The summed E-state index contributed by atoms with van der Waals surface area (Å²) >= 11 is 1.46. The fourth-order valence-electron chi connectivity index (χ4n) is 2.47. The van der Waals surface area contributed by atoms with E-state index in [0.717, 1.165) is 16.3 Å². The number of nitrogens with zero attached hydrogens (tertiary/aromatic N) is 2. The Balaban J connectivity index is 1.73. The number of piperidine rings is 1. The molecule has 1 aliphatic rings. The van der Waals surface area contributed by atoms with E-state index in [1.807, 2.05) is 24.3 Å². The molecule has 1 amide bonds. The maximum absolute atomic E-state index is 12.4. The van der Waals surface area contributed by atoms with E-state index in [1.54, 1.807) is 17.4 Å². The SMILES string of the molecule is COc1ccc(-c2nc(C(=O)N3CCC(O)CC3)cs2)cc1. The first-order chi connectivity index (χ1) is 10.7. The van der Waals surface area contributed by atoms with Gasteiger partial charge in [-0.15, -0.1) is 11.3 Å². The lowest BCUT2D eigenvalue weighted by molar-refractivity contribution is 0.0542. The quantitative estimate of drug-likeness (QED) is 0.944. The van der Waals surface area contributed by atoms with Gasteiger partial charge in [-0.05, 0) is 37.1 Å². The zero-order valence-corrected chi connectivity index (χ0v) is 13.2. The number of hydrogen-bond acceptors (Lipinski definition) is 5. The Hall–Kier alpha value is -1.92. The van der Waals surface area contributed by atoms with E-state index in [-0.39, 0.29) is 12.0 Å². The first-order valence-electron chi connectivity index (χ1n) is 7.24. The van der Waals surface area contributed by atoms with Gasteiger partial charge in [-0.3, -0.25) is 4.79 Å². The Morgan fingerprint density at radius 2 is 2.00 bits per heavy atom. The third kappa shape index (κ3) is 3.13. The highest BCUT2D eigenvalue weighted by molar-refractivity contribution is 7.13. The van der Waals surface area contributed by atoms with Gasteiger partial charge in [0.15, 0.2) is 0 Å². The minimum absolute atomic E-state index is 0.0529. The van der Waals surface area contributed by atoms with E-state index < -0.39 is 0 Å². The summed E-state index contributed by atoms with van der Waals surface area (Å²) < 4.78 is 5.14. The van der Waals surface area contributed by atoms with Gasteiger partial charge in [-0.1, -0.05) is 0 Å². The van der Waals surface area contributed by atoms with Crippen molar-refractivity contribution in [1.82, 2.24) is 9.88 Å². The topological polar surface area (TPSA) is 62.7 Å². The number of aliphatic hydroxyl groups is 1. The van der Waals surface area contributed by atoms with Crippen LogP contribution in [0, 0.1) is 0 Å². The Morgan fingerprint density at radius 3 is 2.64 bits per heavy atom. The van der Waals surface area contributed by atoms with E-state index in [2.05, 4.69) is 4.98 Å². The van der Waals surface area contributed by atoms with E-state index in [4.69, 9.17) is 4.74 Å². The van der Waals surface area contributed by atoms with Crippen LogP contribution in [-0.4, -0.2) is 47.2 Å². The zero-order valence-electron chi connectivity index (χ0n) is 12.4. The fraction of sp³-hybridized carbons (Fsp3) is 0.375. The van der Waals surface area contributed by atoms with E-state index in [0.29, 0.717) is 31.6 Å². The number of carbonyl (C=O) groups excluding carboxylic acids is 1. The average Bonchev–Trinajstić information content (AvgIpc) is 3.05. The predicted octanol–water partition coefficient (Wildman–Crippen LogP) is 2.42. The molecule has 0 spiro atoms. The standard InChI is InChI=1S/C16H18N2O3S/c1-21-13-4-2-11(3-5-13)15-17-14(10-22-15)16(20)18-8-6-12(19)7-9-18/h2-5,10,12,19H,6-9H2,1H3. The number of rotatable bonds is 3. The molecule has 0 saturated carbocycles. The summed E-state index contributed by atoms with van der Waals surface area (Å²) in [5, 5.41) is 12.1. The highest BCUT2D eigenvalue weighted by Gasteiger charge is 2.24. The predicted molar refractivity (Wildman–Crippen MR) is 85.2 cm³/mol. The van der Waals surface area contributed by atoms with Gasteiger partial charge in [0.25, 0.3) is 5.91 Å². The first-order valence-corrected chi connectivity index (χ1v) is 8.12. The summed E-state index contributed by atoms with van der Waals surface area (Å²) in [4.78, 5) is 18.6. The minimum atomic E-state index is -0.283. The number of hydrogen-bond donors (Lipinski definition) is 1. The molecule has 2 heterocycles. The van der Waals surface area contributed by atoms with Crippen LogP contribution in [0.15, 0.2) is 29.6 Å². The molecule has 6 heteroatoms. The molecule has 116 valence electrons. The zero-order chi connectivity index (χ0) is 15.5. The highest BCUT2D eigenvalue weighted by Crippen LogP contribution is 2.26. The second kappa shape index (κ2) is 6.46. The largest absolute Gasteiger partial charge is 0.497 e. The van der Waals surface area contributed by atoms with Crippen molar-refractivity contribution in [2.75, 3.05) is 20.2 Å². The summed E-state index contributed by atoms with van der Waals surface area (Å²) in [6.45, 7) is 1.19. The molecule has 1 aromatic carbocycles. The van der Waals surface area contributed by atoms with Gasteiger partial charge >= 0.3 is 0 Å². The van der Waals surface area contributed by atoms with Crippen molar-refractivity contribution < 1.29 is 14.6 Å². The number of thiazole rings is 1. The molecular formula is C16H18N2O3S. The third-order valence-electron chi connectivity index (χ3n) is 3.81. The highest BCUT2D eigenvalue weighted by atomic mass is 32.1. The number of carbonyl (C=O) groups is 1. The van der Waals surface area contributed by atoms with E-state index in [1.165, 1.54) is 11.3 Å². The third-order valence-corrected chi connectivity index (χ3v) is 4.70. The molecule has 1 N–H and O–H groups in total. The number of methoxy groups -OCH3 is 1. The van der Waals surface area contributed by atoms with Gasteiger partial charge in [0, 0.05) is 24.0 Å². The molecule has 0 aliphatic carbocycles. The molecule has 0 atom stereocenters. The normalized spacial score (nSPS) is 15.8. The average molecular weight is 318 g/mol. The molecule has 0 unspecified atom stereocenters. The molecule has 1 aromatic heterocycles. The fourth-order valence-corrected chi connectivity index (χ4v) is 3.27. The van der Waals surface area contributed by atoms with Crippen molar-refractivity contribution in [2.24, 2.45) is 0 Å². The van der Waals surface area contributed by atoms with Crippen molar-refractivity contribution in [3.63, 3.8) is 0 Å². The van der Waals surface area contributed by atoms with Gasteiger partial charge in [-0.2, -0.15) is 0 Å². The number of benzene rings is 1. The number of amides is 1. The van der Waals surface area contributed by atoms with Gasteiger partial charge in [-0.25, -0.2) is 4.98 Å². The molecule has 1 saturated heterocycles. The molecule has 1 fully saturated rings. The Kier molecular flexibility index (Phi) is 4.40. The lowest BCUT2D eigenvalue weighted by atomic mass is 10.1. The van der Waals surface area contributed by atoms with Crippen LogP contribution in [0.3, 0.4) is 0 Å². The summed E-state index contributed by atoms with van der Waals surface area (Å²) in [6.07, 6.45) is 0.997. The van der Waals surface area contributed by atoms with Crippen LogP contribution < -0.4 is 4.74 Å². The summed E-state index contributed by atoms with van der Waals surface area (Å²) in [5.74, 6) is 0.742. The smallest absolute Gasteiger partial charge is 0.273 e. The molecular weight excluding hydrogens is 300 g/mol. The summed E-state index contributed by atoms with van der Waals surface area (Å²) in [5.41, 5.74) is 1.45. The molecule has 1 aliphatic heterocycles. The van der Waals surface area contributed by atoms with Crippen molar-refractivity contribution >= 4 is 17.2 Å². The number of aliphatic hydroxyl groups excluding tert-OH is 1. The Morgan fingerprint density at radius 1 is 1.32 bits per heavy atom. The lowest BCUT2D eigenvalue weighted by Gasteiger charge is -2.28. The molecule has 2 aromatic rings. The van der Waals surface area contributed by atoms with Crippen LogP contribution in [0.1, 0.15) is 23.3 Å². The number of aromatic nitrogens is 1. The van der Waals surface area contributed by atoms with Gasteiger partial charge in [0.05, 0.1) is 13.2 Å². The van der Waals surface area contributed by atoms with Crippen LogP contribution in [0.2, 0.25) is 0 Å². The maximum Gasteiger partial charge on any atom is 0.273 e. The van der Waals surface area contributed by atoms with Gasteiger partial charge in [0.1, 0.15) is 16.5 Å². The second-order valence-electron chi connectivity index (χ2n) is 5.29. The monoisotopic (exact) mass is 318 g/mol. The van der Waals surface area contributed by atoms with Gasteiger partial charge < -0.3 is 14.7 Å². The molecule has 0 radical (unpaired) electrons. The van der Waals surface area contributed by atoms with E-state index >= 15 is 0 Å². The molecule has 22 heavy (non-hydrogen) atoms. The summed E-state index contributed by atoms with van der Waals surface area (Å²) in [7, 11) is 1.63. The van der Waals surface area contributed by atoms with Crippen LogP contribution in [-0.2, 0) is 0 Å². The minimum Gasteiger partial charge on any atom is -0.497 e. The van der Waals surface area contributed by atoms with Gasteiger partial charge in [0.2, 0.25) is 0 Å². The molecule has 5 nitrogen and oxygen atoms in total. The van der Waals surface area contributed by atoms with Crippen molar-refractivity contribution in [3.8, 4) is 16.3 Å². The second-order valence-corrected chi connectivity index (χ2v) is 6.15. The van der Waals surface area contributed by atoms with Crippen molar-refractivity contribution in [1.29, 1.82) is 0 Å². The molecule has 0 bridgehead atoms.